The third kappa shape index (κ3) is 5.03. The van der Waals surface area contributed by atoms with E-state index < -0.39 is 5.54 Å². The molecule has 1 amide bonds. The van der Waals surface area contributed by atoms with E-state index in [1.54, 1.807) is 0 Å². The predicted molar refractivity (Wildman–Crippen MR) is 77.9 cm³/mol. The van der Waals surface area contributed by atoms with Crippen LogP contribution in [0.15, 0.2) is 30.3 Å². The lowest BCUT2D eigenvalue weighted by Crippen LogP contribution is -2.50. The van der Waals surface area contributed by atoms with Crippen LogP contribution in [0.4, 0.5) is 0 Å². The Balaban J connectivity index is 2.35. The van der Waals surface area contributed by atoms with E-state index in [-0.39, 0.29) is 12.5 Å². The largest absolute Gasteiger partial charge is 0.394 e. The van der Waals surface area contributed by atoms with Gasteiger partial charge in [0.25, 0.3) is 0 Å². The van der Waals surface area contributed by atoms with Gasteiger partial charge in [-0.3, -0.25) is 4.79 Å². The summed E-state index contributed by atoms with van der Waals surface area (Å²) in [7, 11) is 0. The minimum atomic E-state index is -0.441. The second-order valence-corrected chi connectivity index (χ2v) is 5.03. The molecule has 0 aliphatic rings. The molecule has 0 saturated carbocycles. The number of carbonyl (C=O) groups is 1. The highest BCUT2D eigenvalue weighted by atomic mass is 16.3. The second kappa shape index (κ2) is 7.95. The summed E-state index contributed by atoms with van der Waals surface area (Å²) < 4.78 is 0. The average molecular weight is 263 g/mol. The molecule has 106 valence electrons. The van der Waals surface area contributed by atoms with Crippen LogP contribution >= 0.6 is 0 Å². The van der Waals surface area contributed by atoms with E-state index in [4.69, 9.17) is 0 Å². The van der Waals surface area contributed by atoms with Gasteiger partial charge in [-0.15, -0.1) is 0 Å². The summed E-state index contributed by atoms with van der Waals surface area (Å²) in [5.74, 6) is 0.0358. The second-order valence-electron chi connectivity index (χ2n) is 5.03. The molecule has 0 aromatic heterocycles. The molecule has 1 aromatic carbocycles. The summed E-state index contributed by atoms with van der Waals surface area (Å²) in [4.78, 5) is 11.9. The normalized spacial score (nSPS) is 11.3. The lowest BCUT2D eigenvalue weighted by atomic mass is 9.93. The number of benzene rings is 1. The van der Waals surface area contributed by atoms with Gasteiger partial charge in [-0.1, -0.05) is 44.2 Å². The van der Waals surface area contributed by atoms with Gasteiger partial charge in [0.05, 0.1) is 12.1 Å². The first-order valence-corrected chi connectivity index (χ1v) is 7.11. The van der Waals surface area contributed by atoms with Crippen molar-refractivity contribution < 1.29 is 9.90 Å². The van der Waals surface area contributed by atoms with Crippen molar-refractivity contribution >= 4 is 5.91 Å². The van der Waals surface area contributed by atoms with Crippen molar-refractivity contribution in [3.05, 3.63) is 35.9 Å². The quantitative estimate of drug-likeness (QED) is 0.757. The van der Waals surface area contributed by atoms with Gasteiger partial charge in [0.2, 0.25) is 5.91 Å². The van der Waals surface area contributed by atoms with Gasteiger partial charge >= 0.3 is 0 Å². The Kier molecular flexibility index (Phi) is 6.57. The summed E-state index contributed by atoms with van der Waals surface area (Å²) in [5, 5.41) is 12.4. The molecule has 3 nitrogen and oxygen atoms in total. The molecule has 2 N–H and O–H groups in total. The number of aliphatic hydroxyl groups excluding tert-OH is 1. The fraction of sp³-hybridized carbons (Fsp3) is 0.562. The van der Waals surface area contributed by atoms with Crippen LogP contribution in [0.5, 0.6) is 0 Å². The van der Waals surface area contributed by atoms with E-state index in [0.717, 1.165) is 25.7 Å². The van der Waals surface area contributed by atoms with E-state index >= 15 is 0 Å². The highest BCUT2D eigenvalue weighted by Crippen LogP contribution is 2.14. The lowest BCUT2D eigenvalue weighted by Gasteiger charge is -2.30. The zero-order valence-electron chi connectivity index (χ0n) is 12.0. The average Bonchev–Trinajstić information content (AvgIpc) is 2.46. The molecule has 3 heteroatoms. The molecule has 0 aliphatic carbocycles. The van der Waals surface area contributed by atoms with Gasteiger partial charge < -0.3 is 10.4 Å². The highest BCUT2D eigenvalue weighted by Gasteiger charge is 2.26. The number of nitrogens with one attached hydrogen (secondary N) is 1. The molecule has 0 unspecified atom stereocenters. The van der Waals surface area contributed by atoms with E-state index in [9.17, 15) is 9.90 Å². The molecule has 1 aromatic rings. The summed E-state index contributed by atoms with van der Waals surface area (Å²) in [6, 6.07) is 10.2. The number of carbonyl (C=O) groups excluding carboxylic acids is 1. The van der Waals surface area contributed by atoms with E-state index in [0.29, 0.717) is 6.42 Å². The lowest BCUT2D eigenvalue weighted by molar-refractivity contribution is -0.123. The summed E-state index contributed by atoms with van der Waals surface area (Å²) in [6.07, 6.45) is 3.77. The first-order chi connectivity index (χ1) is 9.15. The third-order valence-corrected chi connectivity index (χ3v) is 3.77. The van der Waals surface area contributed by atoms with Crippen LogP contribution in [0.25, 0.3) is 0 Å². The SMILES string of the molecule is CCC(CC)(CO)NC(=O)CCCc1ccccc1. The van der Waals surface area contributed by atoms with Gasteiger partial charge in [0.15, 0.2) is 0 Å². The van der Waals surface area contributed by atoms with Crippen LogP contribution in [0.2, 0.25) is 0 Å². The van der Waals surface area contributed by atoms with Gasteiger partial charge in [-0.25, -0.2) is 0 Å². The molecule has 1 rings (SSSR count). The molecule has 0 bridgehead atoms. The third-order valence-electron chi connectivity index (χ3n) is 3.77. The maximum Gasteiger partial charge on any atom is 0.220 e. The fourth-order valence-corrected chi connectivity index (χ4v) is 2.15. The fourth-order valence-electron chi connectivity index (χ4n) is 2.15. The molecule has 0 radical (unpaired) electrons. The Hall–Kier alpha value is -1.35. The van der Waals surface area contributed by atoms with E-state index in [1.165, 1.54) is 5.56 Å². The minimum absolute atomic E-state index is 0.00439. The maximum atomic E-state index is 11.9. The smallest absolute Gasteiger partial charge is 0.220 e. The van der Waals surface area contributed by atoms with Crippen LogP contribution in [-0.2, 0) is 11.2 Å². The Labute approximate surface area is 116 Å². The maximum absolute atomic E-state index is 11.9. The van der Waals surface area contributed by atoms with Crippen molar-refractivity contribution in [1.29, 1.82) is 0 Å². The van der Waals surface area contributed by atoms with Crippen molar-refractivity contribution in [3.63, 3.8) is 0 Å². The van der Waals surface area contributed by atoms with Crippen molar-refractivity contribution in [2.24, 2.45) is 0 Å². The summed E-state index contributed by atoms with van der Waals surface area (Å²) in [6.45, 7) is 3.98. The standard InChI is InChI=1S/C16H25NO2/c1-3-16(4-2,13-18)17-15(19)12-8-11-14-9-6-5-7-10-14/h5-7,9-10,18H,3-4,8,11-13H2,1-2H3,(H,17,19). The molecule has 0 spiro atoms. The highest BCUT2D eigenvalue weighted by molar-refractivity contribution is 5.76. The topological polar surface area (TPSA) is 49.3 Å². The van der Waals surface area contributed by atoms with Crippen molar-refractivity contribution in [2.45, 2.75) is 51.5 Å². The molecule has 0 aliphatic heterocycles. The molecule has 0 saturated heterocycles. The van der Waals surface area contributed by atoms with E-state index in [1.807, 2.05) is 32.0 Å². The summed E-state index contributed by atoms with van der Waals surface area (Å²) in [5.41, 5.74) is 0.818. The number of aliphatic hydroxyl groups is 1. The minimum Gasteiger partial charge on any atom is -0.394 e. The molecule has 0 heterocycles. The molecule has 19 heavy (non-hydrogen) atoms. The first-order valence-electron chi connectivity index (χ1n) is 7.11. The van der Waals surface area contributed by atoms with Gasteiger partial charge in [0, 0.05) is 6.42 Å². The number of hydrogen-bond donors (Lipinski definition) is 2. The number of hydrogen-bond acceptors (Lipinski definition) is 2. The molecular weight excluding hydrogens is 238 g/mol. The van der Waals surface area contributed by atoms with Gasteiger partial charge in [-0.2, -0.15) is 0 Å². The van der Waals surface area contributed by atoms with Crippen LogP contribution < -0.4 is 5.32 Å². The zero-order valence-corrected chi connectivity index (χ0v) is 12.0. The summed E-state index contributed by atoms with van der Waals surface area (Å²) >= 11 is 0. The first kappa shape index (κ1) is 15.7. The Morgan fingerprint density at radius 1 is 1.21 bits per heavy atom. The Morgan fingerprint density at radius 3 is 2.37 bits per heavy atom. The van der Waals surface area contributed by atoms with E-state index in [2.05, 4.69) is 17.4 Å². The van der Waals surface area contributed by atoms with Crippen LogP contribution in [0.1, 0.15) is 45.1 Å². The Bertz CT molecular complexity index is 363. The number of rotatable bonds is 8. The van der Waals surface area contributed by atoms with Crippen molar-refractivity contribution in [3.8, 4) is 0 Å². The Morgan fingerprint density at radius 2 is 1.84 bits per heavy atom. The van der Waals surface area contributed by atoms with Gasteiger partial charge in [-0.05, 0) is 31.2 Å². The predicted octanol–water partition coefficient (Wildman–Crippen LogP) is 2.68. The van der Waals surface area contributed by atoms with Crippen LogP contribution in [0, 0.1) is 0 Å². The van der Waals surface area contributed by atoms with Crippen molar-refractivity contribution in [2.75, 3.05) is 6.61 Å². The van der Waals surface area contributed by atoms with Crippen LogP contribution in [-0.4, -0.2) is 23.2 Å². The monoisotopic (exact) mass is 263 g/mol. The number of aryl methyl sites for hydroxylation is 1. The molecule has 0 fully saturated rings. The van der Waals surface area contributed by atoms with Crippen LogP contribution in [0.3, 0.4) is 0 Å². The molecule has 0 atom stereocenters. The zero-order chi connectivity index (χ0) is 14.1. The number of amides is 1. The van der Waals surface area contributed by atoms with Gasteiger partial charge in [0.1, 0.15) is 0 Å². The van der Waals surface area contributed by atoms with Crippen molar-refractivity contribution in [1.82, 2.24) is 5.32 Å². The molecular formula is C16H25NO2.